The molecule has 1 N–H and O–H groups in total. The van der Waals surface area contributed by atoms with E-state index in [9.17, 15) is 14.3 Å². The minimum atomic E-state index is -0.707. The topological polar surface area (TPSA) is 69.6 Å². The number of hydrogen-bond acceptors (Lipinski definition) is 5. The van der Waals surface area contributed by atoms with Gasteiger partial charge in [-0.15, -0.1) is 0 Å². The van der Waals surface area contributed by atoms with Gasteiger partial charge >= 0.3 is 5.97 Å². The Balaban J connectivity index is 0.000000165. The van der Waals surface area contributed by atoms with E-state index in [4.69, 9.17) is 4.98 Å². The Bertz CT molecular complexity index is 1260. The van der Waals surface area contributed by atoms with E-state index in [1.54, 1.807) is 12.1 Å². The summed E-state index contributed by atoms with van der Waals surface area (Å²) in [5, 5.41) is 9.50. The van der Waals surface area contributed by atoms with Crippen molar-refractivity contribution in [2.45, 2.75) is 69.2 Å². The van der Waals surface area contributed by atoms with Gasteiger partial charge in [-0.25, -0.2) is 14.4 Å². The highest BCUT2D eigenvalue weighted by Crippen LogP contribution is 2.35. The van der Waals surface area contributed by atoms with E-state index < -0.39 is 5.97 Å². The maximum atomic E-state index is 13.3. The van der Waals surface area contributed by atoms with Gasteiger partial charge in [-0.1, -0.05) is 61.7 Å². The predicted octanol–water partition coefficient (Wildman–Crippen LogP) is 6.14. The lowest BCUT2D eigenvalue weighted by atomic mass is 9.80. The van der Waals surface area contributed by atoms with Crippen LogP contribution in [0.3, 0.4) is 0 Å². The highest BCUT2D eigenvalue weighted by molar-refractivity contribution is 5.73. The number of rotatable bonds is 8. The Morgan fingerprint density at radius 2 is 1.73 bits per heavy atom. The third-order valence-corrected chi connectivity index (χ3v) is 9.12. The summed E-state index contributed by atoms with van der Waals surface area (Å²) in [6.45, 7) is 3.86. The molecule has 0 radical (unpaired) electrons. The quantitative estimate of drug-likeness (QED) is 0.359. The van der Waals surface area contributed by atoms with Crippen LogP contribution < -0.4 is 0 Å². The van der Waals surface area contributed by atoms with Crippen molar-refractivity contribution in [3.63, 3.8) is 0 Å². The van der Waals surface area contributed by atoms with Crippen molar-refractivity contribution < 1.29 is 14.3 Å². The molecule has 3 aliphatic rings. The molecule has 0 bridgehead atoms. The molecule has 2 aromatic carbocycles. The van der Waals surface area contributed by atoms with E-state index in [0.717, 1.165) is 43.7 Å². The van der Waals surface area contributed by atoms with Crippen LogP contribution in [0.4, 0.5) is 4.39 Å². The second kappa shape index (κ2) is 14.1. The first-order chi connectivity index (χ1) is 19.9. The van der Waals surface area contributed by atoms with Crippen LogP contribution in [0.15, 0.2) is 66.9 Å². The minimum absolute atomic E-state index is 0.213. The molecule has 2 atom stereocenters. The molecule has 2 unspecified atom stereocenters. The standard InChI is InChI=1S/C17H22FNO2.C17H21N3/c18-15-6-2-5-13(10-15)14-7-8-19(11-14)16(17(20)21)9-12-3-1-4-12;1-20-11-8-15(9-12-20)16-7-10-18-17(19-16)13-14-5-3-2-4-6-14/h2,5-6,10,12,14,16H,1,3-4,7-9,11H2,(H,20,21);2-7,10,15H,8-9,11-13H2,1H3. The number of carbonyl (C=O) groups is 1. The zero-order valence-corrected chi connectivity index (χ0v) is 24.2. The van der Waals surface area contributed by atoms with Crippen molar-refractivity contribution in [2.24, 2.45) is 5.92 Å². The van der Waals surface area contributed by atoms with Gasteiger partial charge in [0.05, 0.1) is 0 Å². The Hall–Kier alpha value is -3.16. The summed E-state index contributed by atoms with van der Waals surface area (Å²) in [7, 11) is 2.19. The highest BCUT2D eigenvalue weighted by Gasteiger charge is 2.35. The van der Waals surface area contributed by atoms with Crippen LogP contribution in [-0.4, -0.2) is 70.1 Å². The number of hydrogen-bond donors (Lipinski definition) is 1. The molecule has 1 aromatic heterocycles. The fourth-order valence-corrected chi connectivity index (χ4v) is 6.36. The lowest BCUT2D eigenvalue weighted by Crippen LogP contribution is -2.41. The summed E-state index contributed by atoms with van der Waals surface area (Å²) in [6.07, 6.45) is 10.4. The molecule has 3 aromatic rings. The van der Waals surface area contributed by atoms with E-state index in [0.29, 0.717) is 11.8 Å². The first kappa shape index (κ1) is 29.3. The SMILES string of the molecule is CN1CCC(c2ccnc(Cc3ccccc3)n2)CC1.O=C(O)C(CC1CCC1)N1CCC(c2cccc(F)c2)C1. The number of likely N-dealkylation sites (tertiary alicyclic amines) is 2. The molecule has 3 heterocycles. The third-order valence-electron chi connectivity index (χ3n) is 9.12. The largest absolute Gasteiger partial charge is 0.480 e. The van der Waals surface area contributed by atoms with Gasteiger partial charge in [-0.3, -0.25) is 9.69 Å². The van der Waals surface area contributed by atoms with Crippen molar-refractivity contribution in [3.05, 3.63) is 95.3 Å². The van der Waals surface area contributed by atoms with Gasteiger partial charge in [0.2, 0.25) is 0 Å². The summed E-state index contributed by atoms with van der Waals surface area (Å²) < 4.78 is 13.3. The average Bonchev–Trinajstić information content (AvgIpc) is 3.44. The second-order valence-corrected chi connectivity index (χ2v) is 12.1. The fourth-order valence-electron chi connectivity index (χ4n) is 6.36. The van der Waals surface area contributed by atoms with Crippen molar-refractivity contribution in [1.29, 1.82) is 0 Å². The number of nitrogens with zero attached hydrogens (tertiary/aromatic N) is 4. The van der Waals surface area contributed by atoms with Crippen LogP contribution in [0.5, 0.6) is 0 Å². The van der Waals surface area contributed by atoms with Gasteiger partial charge in [0.15, 0.2) is 0 Å². The molecule has 0 spiro atoms. The maximum absolute atomic E-state index is 13.3. The Morgan fingerprint density at radius 3 is 2.41 bits per heavy atom. The number of carboxylic acids is 1. The first-order valence-corrected chi connectivity index (χ1v) is 15.2. The number of benzene rings is 2. The van der Waals surface area contributed by atoms with Crippen LogP contribution >= 0.6 is 0 Å². The fraction of sp³-hybridized carbons (Fsp3) is 0.500. The summed E-state index contributed by atoms with van der Waals surface area (Å²) in [6, 6.07) is 18.9. The molecule has 6 rings (SSSR count). The molecule has 1 aliphatic carbocycles. The summed E-state index contributed by atoms with van der Waals surface area (Å²) in [5.41, 5.74) is 3.48. The monoisotopic (exact) mass is 558 g/mol. The number of aromatic nitrogens is 2. The second-order valence-electron chi connectivity index (χ2n) is 12.1. The maximum Gasteiger partial charge on any atom is 0.320 e. The molecule has 218 valence electrons. The summed E-state index contributed by atoms with van der Waals surface area (Å²) >= 11 is 0. The van der Waals surface area contributed by atoms with Crippen LogP contribution in [0, 0.1) is 11.7 Å². The molecule has 2 aliphatic heterocycles. The van der Waals surface area contributed by atoms with Gasteiger partial charge in [-0.05, 0) is 93.5 Å². The van der Waals surface area contributed by atoms with E-state index in [-0.39, 0.29) is 17.8 Å². The van der Waals surface area contributed by atoms with Crippen molar-refractivity contribution in [3.8, 4) is 0 Å². The first-order valence-electron chi connectivity index (χ1n) is 15.2. The van der Waals surface area contributed by atoms with E-state index in [1.807, 2.05) is 18.3 Å². The zero-order chi connectivity index (χ0) is 28.6. The van der Waals surface area contributed by atoms with Gasteiger partial charge in [-0.2, -0.15) is 0 Å². The van der Waals surface area contributed by atoms with Crippen molar-refractivity contribution >= 4 is 5.97 Å². The molecule has 1 saturated carbocycles. The molecule has 6 nitrogen and oxygen atoms in total. The molecule has 41 heavy (non-hydrogen) atoms. The van der Waals surface area contributed by atoms with Gasteiger partial charge in [0.1, 0.15) is 17.7 Å². The number of piperidine rings is 1. The predicted molar refractivity (Wildman–Crippen MR) is 159 cm³/mol. The molecular formula is C34H43FN4O2. The smallest absolute Gasteiger partial charge is 0.320 e. The third kappa shape index (κ3) is 8.20. The molecule has 0 amide bonds. The normalized spacial score (nSPS) is 21.1. The van der Waals surface area contributed by atoms with E-state index >= 15 is 0 Å². The van der Waals surface area contributed by atoms with Gasteiger partial charge in [0.25, 0.3) is 0 Å². The lowest BCUT2D eigenvalue weighted by Gasteiger charge is -2.32. The van der Waals surface area contributed by atoms with Crippen LogP contribution in [0.1, 0.15) is 79.4 Å². The molecule has 2 saturated heterocycles. The molecule has 3 fully saturated rings. The summed E-state index contributed by atoms with van der Waals surface area (Å²) in [4.78, 5) is 25.2. The Kier molecular flexibility index (Phi) is 10.1. The number of aliphatic carboxylic acids is 1. The Morgan fingerprint density at radius 1 is 0.976 bits per heavy atom. The molecule has 7 heteroatoms. The highest BCUT2D eigenvalue weighted by atomic mass is 19.1. The van der Waals surface area contributed by atoms with Crippen LogP contribution in [0.25, 0.3) is 0 Å². The Labute approximate surface area is 243 Å². The zero-order valence-electron chi connectivity index (χ0n) is 24.2. The average molecular weight is 559 g/mol. The number of halogens is 1. The lowest BCUT2D eigenvalue weighted by molar-refractivity contribution is -0.143. The summed E-state index contributed by atoms with van der Waals surface area (Å²) in [5.74, 6) is 1.46. The number of carboxylic acid groups (broad SMARTS) is 1. The van der Waals surface area contributed by atoms with Crippen LogP contribution in [-0.2, 0) is 11.2 Å². The van der Waals surface area contributed by atoms with E-state index in [1.165, 1.54) is 62.5 Å². The van der Waals surface area contributed by atoms with Crippen molar-refractivity contribution in [2.75, 3.05) is 33.2 Å². The van der Waals surface area contributed by atoms with Gasteiger partial charge < -0.3 is 10.0 Å². The van der Waals surface area contributed by atoms with Crippen molar-refractivity contribution in [1.82, 2.24) is 19.8 Å². The molecular weight excluding hydrogens is 515 g/mol. The van der Waals surface area contributed by atoms with E-state index in [2.05, 4.69) is 52.2 Å². The van der Waals surface area contributed by atoms with Gasteiger partial charge in [0, 0.05) is 30.8 Å². The minimum Gasteiger partial charge on any atom is -0.480 e. The van der Waals surface area contributed by atoms with Crippen LogP contribution in [0.2, 0.25) is 0 Å².